The van der Waals surface area contributed by atoms with Gasteiger partial charge in [-0.1, -0.05) is 13.8 Å². The lowest BCUT2D eigenvalue weighted by Gasteiger charge is -2.37. The second kappa shape index (κ2) is 5.61. The molecule has 1 aliphatic rings. The van der Waals surface area contributed by atoms with Gasteiger partial charge in [0.05, 0.1) is 0 Å². The molecule has 0 spiro atoms. The van der Waals surface area contributed by atoms with Gasteiger partial charge in [-0.2, -0.15) is 9.40 Å². The van der Waals surface area contributed by atoms with Gasteiger partial charge in [-0.05, 0) is 38.0 Å². The van der Waals surface area contributed by atoms with Crippen LogP contribution >= 0.6 is 0 Å². The van der Waals surface area contributed by atoms with Gasteiger partial charge in [0.1, 0.15) is 4.90 Å². The Morgan fingerprint density at radius 2 is 2.00 bits per heavy atom. The van der Waals surface area contributed by atoms with Gasteiger partial charge in [0.15, 0.2) is 5.82 Å². The van der Waals surface area contributed by atoms with Gasteiger partial charge in [0.25, 0.3) is 0 Å². The molecule has 7 heteroatoms. The van der Waals surface area contributed by atoms with Crippen LogP contribution in [-0.2, 0) is 16.6 Å². The van der Waals surface area contributed by atoms with Crippen molar-refractivity contribution in [3.8, 4) is 0 Å². The molecule has 6 nitrogen and oxygen atoms in total. The van der Waals surface area contributed by atoms with Crippen molar-refractivity contribution in [3.63, 3.8) is 0 Å². The second-order valence-corrected chi connectivity index (χ2v) is 8.62. The molecule has 0 radical (unpaired) electrons. The molecule has 120 valence electrons. The zero-order valence-corrected chi connectivity index (χ0v) is 14.2. The first-order chi connectivity index (χ1) is 9.67. The van der Waals surface area contributed by atoms with E-state index >= 15 is 0 Å². The number of nitrogens with zero attached hydrogens (tertiary/aromatic N) is 3. The summed E-state index contributed by atoms with van der Waals surface area (Å²) in [5, 5.41) is 4.03. The van der Waals surface area contributed by atoms with Gasteiger partial charge < -0.3 is 5.73 Å². The van der Waals surface area contributed by atoms with Crippen LogP contribution in [0.5, 0.6) is 0 Å². The van der Waals surface area contributed by atoms with Crippen molar-refractivity contribution in [3.05, 3.63) is 6.20 Å². The smallest absolute Gasteiger partial charge is 0.248 e. The number of hydrogen-bond acceptors (Lipinski definition) is 4. The van der Waals surface area contributed by atoms with Crippen LogP contribution in [0.4, 0.5) is 5.82 Å². The summed E-state index contributed by atoms with van der Waals surface area (Å²) < 4.78 is 28.5. The van der Waals surface area contributed by atoms with E-state index in [4.69, 9.17) is 5.73 Å². The third-order valence-corrected chi connectivity index (χ3v) is 6.49. The van der Waals surface area contributed by atoms with E-state index in [1.54, 1.807) is 11.7 Å². The zero-order valence-electron chi connectivity index (χ0n) is 13.3. The third-order valence-electron chi connectivity index (χ3n) is 4.56. The Labute approximate surface area is 127 Å². The normalized spacial score (nSPS) is 20.0. The average molecular weight is 314 g/mol. The minimum Gasteiger partial charge on any atom is -0.381 e. The van der Waals surface area contributed by atoms with E-state index < -0.39 is 10.0 Å². The number of aromatic nitrogens is 2. The maximum absolute atomic E-state index is 12.7. The molecular weight excluding hydrogens is 288 g/mol. The molecule has 0 amide bonds. The highest BCUT2D eigenvalue weighted by molar-refractivity contribution is 7.89. The molecule has 2 N–H and O–H groups in total. The van der Waals surface area contributed by atoms with Crippen LogP contribution in [-0.4, -0.2) is 35.6 Å². The summed E-state index contributed by atoms with van der Waals surface area (Å²) in [7, 11) is -1.92. The van der Waals surface area contributed by atoms with Crippen LogP contribution in [0.3, 0.4) is 0 Å². The first kappa shape index (κ1) is 16.3. The van der Waals surface area contributed by atoms with Crippen molar-refractivity contribution >= 4 is 15.8 Å². The topological polar surface area (TPSA) is 81.2 Å². The summed E-state index contributed by atoms with van der Waals surface area (Å²) in [4.78, 5) is 0.122. The molecule has 1 aromatic rings. The summed E-state index contributed by atoms with van der Waals surface area (Å²) in [5.74, 6) is 0.0832. The van der Waals surface area contributed by atoms with Crippen LogP contribution in [0.15, 0.2) is 11.1 Å². The summed E-state index contributed by atoms with van der Waals surface area (Å²) >= 11 is 0. The molecular formula is C14H26N4O2S. The molecule has 1 fully saturated rings. The fourth-order valence-electron chi connectivity index (χ4n) is 2.88. The van der Waals surface area contributed by atoms with Crippen LogP contribution in [0, 0.1) is 5.41 Å². The number of nitrogen functional groups attached to an aromatic ring is 1. The molecule has 0 aromatic carbocycles. The maximum atomic E-state index is 12.7. The number of anilines is 1. The highest BCUT2D eigenvalue weighted by Crippen LogP contribution is 2.38. The van der Waals surface area contributed by atoms with Crippen molar-refractivity contribution in [2.75, 3.05) is 12.8 Å². The molecule has 0 aliphatic heterocycles. The molecule has 0 unspecified atom stereocenters. The van der Waals surface area contributed by atoms with E-state index in [-0.39, 0.29) is 16.8 Å². The second-order valence-electron chi connectivity index (χ2n) is 6.65. The van der Waals surface area contributed by atoms with Crippen molar-refractivity contribution in [1.82, 2.24) is 14.1 Å². The van der Waals surface area contributed by atoms with E-state index in [0.717, 1.165) is 25.7 Å². The molecule has 1 aromatic heterocycles. The Kier molecular flexibility index (Phi) is 4.35. The van der Waals surface area contributed by atoms with Gasteiger partial charge in [-0.15, -0.1) is 0 Å². The molecule has 1 saturated carbocycles. The lowest BCUT2D eigenvalue weighted by atomic mass is 9.76. The van der Waals surface area contributed by atoms with Gasteiger partial charge in [-0.3, -0.25) is 4.68 Å². The fourth-order valence-corrected chi connectivity index (χ4v) is 4.35. The van der Waals surface area contributed by atoms with Crippen molar-refractivity contribution in [1.29, 1.82) is 0 Å². The first-order valence-electron chi connectivity index (χ1n) is 7.48. The van der Waals surface area contributed by atoms with E-state index in [2.05, 4.69) is 18.9 Å². The molecule has 0 bridgehead atoms. The largest absolute Gasteiger partial charge is 0.381 e. The summed E-state index contributed by atoms with van der Waals surface area (Å²) in [6.45, 7) is 6.97. The quantitative estimate of drug-likeness (QED) is 0.922. The Hall–Kier alpha value is -1.08. The van der Waals surface area contributed by atoms with E-state index in [9.17, 15) is 8.42 Å². The summed E-state index contributed by atoms with van der Waals surface area (Å²) in [5.41, 5.74) is 6.09. The molecule has 1 aliphatic carbocycles. The van der Waals surface area contributed by atoms with E-state index in [1.807, 2.05) is 6.92 Å². The van der Waals surface area contributed by atoms with Crippen molar-refractivity contribution in [2.24, 2.45) is 5.41 Å². The van der Waals surface area contributed by atoms with Crippen LogP contribution in [0.2, 0.25) is 0 Å². The standard InChI is InChI=1S/C14H26N4O2S/c1-5-18-10-12(13(15)16-18)21(19,20)17(4)11-6-8-14(2,3)9-7-11/h10-11H,5-9H2,1-4H3,(H2,15,16). The zero-order chi connectivity index (χ0) is 15.8. The first-order valence-corrected chi connectivity index (χ1v) is 8.92. The fraction of sp³-hybridized carbons (Fsp3) is 0.786. The minimum atomic E-state index is -3.57. The Morgan fingerprint density at radius 3 is 2.48 bits per heavy atom. The lowest BCUT2D eigenvalue weighted by molar-refractivity contribution is 0.174. The highest BCUT2D eigenvalue weighted by Gasteiger charge is 2.35. The number of sulfonamides is 1. The molecule has 0 saturated heterocycles. The number of nitrogens with two attached hydrogens (primary N) is 1. The van der Waals surface area contributed by atoms with Crippen LogP contribution in [0.1, 0.15) is 46.5 Å². The highest BCUT2D eigenvalue weighted by atomic mass is 32.2. The van der Waals surface area contributed by atoms with E-state index in [1.165, 1.54) is 10.5 Å². The maximum Gasteiger partial charge on any atom is 0.248 e. The summed E-state index contributed by atoms with van der Waals surface area (Å²) in [6.07, 6.45) is 5.39. The van der Waals surface area contributed by atoms with Crippen LogP contribution < -0.4 is 5.73 Å². The van der Waals surface area contributed by atoms with E-state index in [0.29, 0.717) is 12.0 Å². The van der Waals surface area contributed by atoms with Crippen molar-refractivity contribution < 1.29 is 8.42 Å². The molecule has 2 rings (SSSR count). The molecule has 1 heterocycles. The summed E-state index contributed by atoms with van der Waals surface area (Å²) in [6, 6.07) is 0.0485. The number of aryl methyl sites for hydroxylation is 1. The van der Waals surface area contributed by atoms with Gasteiger partial charge in [0, 0.05) is 25.8 Å². The monoisotopic (exact) mass is 314 g/mol. The van der Waals surface area contributed by atoms with Crippen molar-refractivity contribution in [2.45, 2.75) is 63.9 Å². The lowest BCUT2D eigenvalue weighted by Crippen LogP contribution is -2.40. The SMILES string of the molecule is CCn1cc(S(=O)(=O)N(C)C2CCC(C)(C)CC2)c(N)n1. The van der Waals surface area contributed by atoms with Gasteiger partial charge in [-0.25, -0.2) is 8.42 Å². The Morgan fingerprint density at radius 1 is 1.43 bits per heavy atom. The average Bonchev–Trinajstić information content (AvgIpc) is 2.80. The number of rotatable bonds is 4. The molecule has 21 heavy (non-hydrogen) atoms. The van der Waals surface area contributed by atoms with Gasteiger partial charge >= 0.3 is 0 Å². The third kappa shape index (κ3) is 3.23. The van der Waals surface area contributed by atoms with Crippen LogP contribution in [0.25, 0.3) is 0 Å². The Bertz CT molecular complexity index is 596. The minimum absolute atomic E-state index is 0.0485. The number of hydrogen-bond donors (Lipinski definition) is 1. The Balaban J connectivity index is 2.21. The van der Waals surface area contributed by atoms with Gasteiger partial charge in [0.2, 0.25) is 10.0 Å². The predicted molar refractivity (Wildman–Crippen MR) is 83.3 cm³/mol. The predicted octanol–water partition coefficient (Wildman–Crippen LogP) is 2.07. The molecule has 0 atom stereocenters.